The van der Waals surface area contributed by atoms with Crippen molar-refractivity contribution in [1.29, 1.82) is 0 Å². The highest BCUT2D eigenvalue weighted by Gasteiger charge is 2.15. The minimum atomic E-state index is -0.525. The van der Waals surface area contributed by atoms with Gasteiger partial charge >= 0.3 is 0 Å². The number of benzene rings is 1. The van der Waals surface area contributed by atoms with Gasteiger partial charge in [0.25, 0.3) is 11.2 Å². The number of thiophene rings is 1. The maximum absolute atomic E-state index is 12.8. The number of allylic oxidation sites excluding steroid dienone is 1. The number of non-ortho nitro benzene ring substituents is 1. The quantitative estimate of drug-likeness (QED) is 0.191. The summed E-state index contributed by atoms with van der Waals surface area (Å²) in [7, 11) is 0. The van der Waals surface area contributed by atoms with E-state index in [-0.39, 0.29) is 29.5 Å². The molecule has 8 nitrogen and oxygen atoms in total. The van der Waals surface area contributed by atoms with Crippen LogP contribution in [0.5, 0.6) is 0 Å². The lowest BCUT2D eigenvalue weighted by Gasteiger charge is -2.10. The molecule has 1 aromatic carbocycles. The number of nitro groups is 1. The number of aryl methyl sites for hydroxylation is 1. The van der Waals surface area contributed by atoms with Crippen LogP contribution in [0, 0.1) is 10.1 Å². The number of rotatable bonds is 8. The number of thioether (sulfide) groups is 1. The number of carbonyl (C=O) groups excluding carboxylic acids is 1. The van der Waals surface area contributed by atoms with Gasteiger partial charge in [-0.25, -0.2) is 4.98 Å². The molecular formula is C19H18N4O4S2. The van der Waals surface area contributed by atoms with Crippen LogP contribution >= 0.6 is 23.1 Å². The van der Waals surface area contributed by atoms with Crippen molar-refractivity contribution in [1.82, 2.24) is 9.55 Å². The first kappa shape index (κ1) is 20.7. The molecule has 0 saturated heterocycles. The highest BCUT2D eigenvalue weighted by Crippen LogP contribution is 2.25. The molecule has 3 rings (SSSR count). The number of nitrogens with one attached hydrogen (secondary N) is 1. The molecule has 0 saturated carbocycles. The van der Waals surface area contributed by atoms with Gasteiger partial charge in [-0.2, -0.15) is 0 Å². The van der Waals surface area contributed by atoms with Crippen LogP contribution in [0.1, 0.15) is 11.8 Å². The van der Waals surface area contributed by atoms with Crippen LogP contribution in [0.2, 0.25) is 0 Å². The number of hydrogen-bond acceptors (Lipinski definition) is 7. The van der Waals surface area contributed by atoms with Gasteiger partial charge in [0.1, 0.15) is 4.83 Å². The maximum Gasteiger partial charge on any atom is 0.271 e. The Hall–Kier alpha value is -2.98. The van der Waals surface area contributed by atoms with Crippen LogP contribution in [0.15, 0.2) is 52.9 Å². The molecule has 0 unspecified atom stereocenters. The smallest absolute Gasteiger partial charge is 0.271 e. The van der Waals surface area contributed by atoms with Crippen molar-refractivity contribution in [2.75, 3.05) is 11.1 Å². The number of carbonyl (C=O) groups is 1. The molecule has 1 N–H and O–H groups in total. The zero-order valence-corrected chi connectivity index (χ0v) is 17.2. The monoisotopic (exact) mass is 430 g/mol. The molecule has 0 bridgehead atoms. The lowest BCUT2D eigenvalue weighted by Crippen LogP contribution is -2.23. The van der Waals surface area contributed by atoms with Crippen LogP contribution in [0.4, 0.5) is 11.4 Å². The van der Waals surface area contributed by atoms with Gasteiger partial charge < -0.3 is 5.32 Å². The fourth-order valence-corrected chi connectivity index (χ4v) is 4.46. The second-order valence-corrected chi connectivity index (χ2v) is 8.09. The van der Waals surface area contributed by atoms with Crippen LogP contribution in [0.3, 0.4) is 0 Å². The van der Waals surface area contributed by atoms with E-state index in [4.69, 9.17) is 0 Å². The zero-order chi connectivity index (χ0) is 21.0. The standard InChI is InChI=1S/C19H18N4O4S2/c1-3-8-22-18(25)15-10-14(4-2)29-17(15)21-19(22)28-11-16(24)20-12-6-5-7-13(9-12)23(26)27/h3,5-7,9-10H,1,4,8,11H2,2H3,(H,20,24). The molecule has 0 aliphatic rings. The molecular weight excluding hydrogens is 412 g/mol. The Morgan fingerprint density at radius 1 is 1.45 bits per heavy atom. The Morgan fingerprint density at radius 2 is 2.24 bits per heavy atom. The number of nitrogens with zero attached hydrogens (tertiary/aromatic N) is 3. The highest BCUT2D eigenvalue weighted by atomic mass is 32.2. The zero-order valence-electron chi connectivity index (χ0n) is 15.6. The van der Waals surface area contributed by atoms with Crippen molar-refractivity contribution in [2.45, 2.75) is 25.0 Å². The minimum absolute atomic E-state index is 0.00376. The third kappa shape index (κ3) is 4.72. The SMILES string of the molecule is C=CCn1c(SCC(=O)Nc2cccc([N+](=O)[O-])c2)nc2sc(CC)cc2c1=O. The molecule has 29 heavy (non-hydrogen) atoms. The molecule has 0 spiro atoms. The summed E-state index contributed by atoms with van der Waals surface area (Å²) >= 11 is 2.60. The molecule has 10 heteroatoms. The first-order valence-corrected chi connectivity index (χ1v) is 10.5. The summed E-state index contributed by atoms with van der Waals surface area (Å²) in [6.07, 6.45) is 2.42. The Morgan fingerprint density at radius 3 is 2.93 bits per heavy atom. The topological polar surface area (TPSA) is 107 Å². The fourth-order valence-electron chi connectivity index (χ4n) is 2.65. The molecule has 0 atom stereocenters. The summed E-state index contributed by atoms with van der Waals surface area (Å²) in [5, 5.41) is 14.5. The van der Waals surface area contributed by atoms with Crippen LogP contribution in [-0.2, 0) is 17.8 Å². The van der Waals surface area contributed by atoms with Gasteiger partial charge in [-0.15, -0.1) is 17.9 Å². The normalized spacial score (nSPS) is 10.8. The van der Waals surface area contributed by atoms with E-state index in [1.165, 1.54) is 34.1 Å². The lowest BCUT2D eigenvalue weighted by atomic mass is 10.3. The lowest BCUT2D eigenvalue weighted by molar-refractivity contribution is -0.384. The Balaban J connectivity index is 1.80. The van der Waals surface area contributed by atoms with Gasteiger partial charge in [0.15, 0.2) is 5.16 Å². The minimum Gasteiger partial charge on any atom is -0.325 e. The summed E-state index contributed by atoms with van der Waals surface area (Å²) in [6, 6.07) is 7.57. The number of fused-ring (bicyclic) bond motifs is 1. The molecule has 2 aromatic heterocycles. The van der Waals surface area contributed by atoms with E-state index >= 15 is 0 Å². The van der Waals surface area contributed by atoms with Crippen molar-refractivity contribution in [3.05, 3.63) is 68.3 Å². The summed E-state index contributed by atoms with van der Waals surface area (Å²) in [5.74, 6) is -0.348. The number of hydrogen-bond donors (Lipinski definition) is 1. The van der Waals surface area contributed by atoms with Gasteiger partial charge in [0, 0.05) is 29.2 Å². The first-order valence-electron chi connectivity index (χ1n) is 8.74. The van der Waals surface area contributed by atoms with Crippen molar-refractivity contribution < 1.29 is 9.72 Å². The molecule has 0 fully saturated rings. The third-order valence-corrected chi connectivity index (χ3v) is 6.15. The van der Waals surface area contributed by atoms with E-state index in [1.54, 1.807) is 12.1 Å². The van der Waals surface area contributed by atoms with E-state index in [0.29, 0.717) is 21.1 Å². The summed E-state index contributed by atoms with van der Waals surface area (Å²) in [4.78, 5) is 41.7. The summed E-state index contributed by atoms with van der Waals surface area (Å²) < 4.78 is 1.49. The van der Waals surface area contributed by atoms with Crippen LogP contribution < -0.4 is 10.9 Å². The van der Waals surface area contributed by atoms with E-state index in [9.17, 15) is 19.7 Å². The Labute approximate surface area is 174 Å². The van der Waals surface area contributed by atoms with Gasteiger partial charge in [-0.05, 0) is 18.6 Å². The number of amides is 1. The fraction of sp³-hybridized carbons (Fsp3) is 0.211. The van der Waals surface area contributed by atoms with Gasteiger partial charge in [-0.3, -0.25) is 24.3 Å². The molecule has 1 amide bonds. The predicted molar refractivity (Wildman–Crippen MR) is 116 cm³/mol. The average molecular weight is 431 g/mol. The number of nitro benzene ring substituents is 1. The second-order valence-electron chi connectivity index (χ2n) is 6.03. The van der Waals surface area contributed by atoms with E-state index < -0.39 is 4.92 Å². The van der Waals surface area contributed by atoms with Crippen molar-refractivity contribution in [3.8, 4) is 0 Å². The van der Waals surface area contributed by atoms with E-state index in [0.717, 1.165) is 23.1 Å². The van der Waals surface area contributed by atoms with Crippen LogP contribution in [-0.4, -0.2) is 26.1 Å². The van der Waals surface area contributed by atoms with Gasteiger partial charge in [0.05, 0.1) is 16.1 Å². The summed E-state index contributed by atoms with van der Waals surface area (Å²) in [6.45, 7) is 5.99. The molecule has 150 valence electrons. The molecule has 3 aromatic rings. The largest absolute Gasteiger partial charge is 0.325 e. The number of anilines is 1. The predicted octanol–water partition coefficient (Wildman–Crippen LogP) is 3.85. The van der Waals surface area contributed by atoms with E-state index in [1.807, 2.05) is 13.0 Å². The molecule has 0 radical (unpaired) electrons. The van der Waals surface area contributed by atoms with Crippen molar-refractivity contribution in [3.63, 3.8) is 0 Å². The van der Waals surface area contributed by atoms with Gasteiger partial charge in [0.2, 0.25) is 5.91 Å². The van der Waals surface area contributed by atoms with Crippen LogP contribution in [0.25, 0.3) is 10.2 Å². The maximum atomic E-state index is 12.8. The Bertz CT molecular complexity index is 1150. The molecule has 2 heterocycles. The first-order chi connectivity index (χ1) is 13.9. The van der Waals surface area contributed by atoms with Crippen molar-refractivity contribution in [2.24, 2.45) is 0 Å². The van der Waals surface area contributed by atoms with Gasteiger partial charge in [-0.1, -0.05) is 30.8 Å². The Kier molecular flexibility index (Phi) is 6.45. The third-order valence-electron chi connectivity index (χ3n) is 4.00. The summed E-state index contributed by atoms with van der Waals surface area (Å²) in [5.41, 5.74) is 0.0711. The molecule has 0 aliphatic carbocycles. The van der Waals surface area contributed by atoms with Crippen molar-refractivity contribution >= 4 is 50.6 Å². The highest BCUT2D eigenvalue weighted by molar-refractivity contribution is 7.99. The average Bonchev–Trinajstić information content (AvgIpc) is 3.12. The van der Waals surface area contributed by atoms with E-state index in [2.05, 4.69) is 16.9 Å². The second kappa shape index (κ2) is 9.01. The number of aromatic nitrogens is 2. The molecule has 0 aliphatic heterocycles.